The minimum atomic E-state index is -0.274. The van der Waals surface area contributed by atoms with Gasteiger partial charge in [0, 0.05) is 18.3 Å². The van der Waals surface area contributed by atoms with Gasteiger partial charge in [-0.05, 0) is 30.0 Å². The van der Waals surface area contributed by atoms with Crippen molar-refractivity contribution in [3.8, 4) is 0 Å². The van der Waals surface area contributed by atoms with E-state index in [4.69, 9.17) is 0 Å². The number of hydrogen-bond donors (Lipinski definition) is 2. The average molecular weight is 302 g/mol. The average Bonchev–Trinajstić information content (AvgIpc) is 2.49. The van der Waals surface area contributed by atoms with Crippen molar-refractivity contribution in [3.05, 3.63) is 69.4 Å². The van der Waals surface area contributed by atoms with E-state index < -0.39 is 0 Å². The number of aromatic nitrogens is 1. The Labute approximate surface area is 128 Å². The van der Waals surface area contributed by atoms with Crippen LogP contribution in [0.3, 0.4) is 0 Å². The summed E-state index contributed by atoms with van der Waals surface area (Å²) < 4.78 is 13.5. The summed E-state index contributed by atoms with van der Waals surface area (Å²) in [6.07, 6.45) is 0.415. The van der Waals surface area contributed by atoms with E-state index in [0.717, 1.165) is 0 Å². The molecule has 2 rings (SSSR count). The van der Waals surface area contributed by atoms with Gasteiger partial charge in [0.25, 0.3) is 5.91 Å². The van der Waals surface area contributed by atoms with Crippen molar-refractivity contribution in [2.24, 2.45) is 0 Å². The van der Waals surface area contributed by atoms with E-state index in [1.54, 1.807) is 18.2 Å². The van der Waals surface area contributed by atoms with E-state index >= 15 is 0 Å². The quantitative estimate of drug-likeness (QED) is 0.892. The van der Waals surface area contributed by atoms with Crippen molar-refractivity contribution in [1.82, 2.24) is 10.3 Å². The van der Waals surface area contributed by atoms with Crippen LogP contribution < -0.4 is 10.9 Å². The lowest BCUT2D eigenvalue weighted by Gasteiger charge is -2.12. The van der Waals surface area contributed by atoms with Gasteiger partial charge in [-0.1, -0.05) is 32.0 Å². The van der Waals surface area contributed by atoms with Crippen LogP contribution in [0.4, 0.5) is 4.39 Å². The zero-order chi connectivity index (χ0) is 16.1. The Kier molecular flexibility index (Phi) is 5.09. The predicted octanol–water partition coefficient (Wildman–Crippen LogP) is 2.61. The van der Waals surface area contributed by atoms with Crippen molar-refractivity contribution < 1.29 is 9.18 Å². The molecule has 2 N–H and O–H groups in total. The summed E-state index contributed by atoms with van der Waals surface area (Å²) in [5, 5.41) is 2.76. The molecule has 0 aliphatic heterocycles. The first-order chi connectivity index (χ1) is 10.5. The van der Waals surface area contributed by atoms with E-state index in [9.17, 15) is 14.0 Å². The number of halogens is 1. The minimum Gasteiger partial charge on any atom is -0.352 e. The molecule has 0 saturated heterocycles. The molecule has 5 heteroatoms. The molecular formula is C17H19FN2O2. The summed E-state index contributed by atoms with van der Waals surface area (Å²) in [5.74, 6) is -0.513. The first kappa shape index (κ1) is 15.9. The number of aromatic amines is 1. The third-order valence-corrected chi connectivity index (χ3v) is 3.41. The van der Waals surface area contributed by atoms with Gasteiger partial charge in [-0.2, -0.15) is 0 Å². The summed E-state index contributed by atoms with van der Waals surface area (Å²) in [4.78, 5) is 26.3. The molecule has 22 heavy (non-hydrogen) atoms. The maximum absolute atomic E-state index is 13.5. The molecule has 1 aromatic heterocycles. The third kappa shape index (κ3) is 3.81. The molecule has 0 atom stereocenters. The van der Waals surface area contributed by atoms with Crippen molar-refractivity contribution >= 4 is 5.91 Å². The van der Waals surface area contributed by atoms with Crippen LogP contribution in [0.5, 0.6) is 0 Å². The molecule has 0 saturated carbocycles. The zero-order valence-corrected chi connectivity index (χ0v) is 12.7. The van der Waals surface area contributed by atoms with Crippen LogP contribution in [0.15, 0.2) is 41.2 Å². The van der Waals surface area contributed by atoms with Crippen LogP contribution >= 0.6 is 0 Å². The van der Waals surface area contributed by atoms with Gasteiger partial charge in [0.05, 0.1) is 5.56 Å². The highest BCUT2D eigenvalue weighted by Crippen LogP contribution is 2.15. The number of rotatable bonds is 5. The molecule has 0 aliphatic carbocycles. The monoisotopic (exact) mass is 302 g/mol. The molecule has 0 unspecified atom stereocenters. The molecule has 0 fully saturated rings. The van der Waals surface area contributed by atoms with E-state index in [0.29, 0.717) is 29.8 Å². The Morgan fingerprint density at radius 2 is 1.95 bits per heavy atom. The van der Waals surface area contributed by atoms with Crippen LogP contribution in [-0.4, -0.2) is 17.4 Å². The van der Waals surface area contributed by atoms with E-state index in [2.05, 4.69) is 10.3 Å². The summed E-state index contributed by atoms with van der Waals surface area (Å²) in [5.41, 5.74) is 1.39. The first-order valence-electron chi connectivity index (χ1n) is 7.24. The Morgan fingerprint density at radius 1 is 1.23 bits per heavy atom. The second-order valence-electron chi connectivity index (χ2n) is 5.40. The van der Waals surface area contributed by atoms with Gasteiger partial charge in [0.2, 0.25) is 5.56 Å². The molecule has 1 heterocycles. The molecule has 116 valence electrons. The molecule has 1 amide bonds. The minimum absolute atomic E-state index is 0.0289. The van der Waals surface area contributed by atoms with E-state index in [1.807, 2.05) is 13.8 Å². The lowest BCUT2D eigenvalue weighted by atomic mass is 10.0. The lowest BCUT2D eigenvalue weighted by molar-refractivity contribution is 0.0952. The maximum Gasteiger partial charge on any atom is 0.253 e. The standard InChI is InChI=1S/C17H19FN2O2/c1-11(2)16-13(7-8-15(21)20-16)17(22)19-10-9-12-5-3-4-6-14(12)18/h3-8,11H,9-10H2,1-2H3,(H,19,22)(H,20,21). The summed E-state index contributed by atoms with van der Waals surface area (Å²) in [6, 6.07) is 9.34. The number of benzene rings is 1. The predicted molar refractivity (Wildman–Crippen MR) is 83.6 cm³/mol. The molecule has 0 aliphatic rings. The number of pyridine rings is 1. The molecule has 2 aromatic rings. The highest BCUT2D eigenvalue weighted by molar-refractivity contribution is 5.95. The topological polar surface area (TPSA) is 62.0 Å². The first-order valence-corrected chi connectivity index (χ1v) is 7.24. The van der Waals surface area contributed by atoms with Crippen molar-refractivity contribution in [3.63, 3.8) is 0 Å². The van der Waals surface area contributed by atoms with Gasteiger partial charge >= 0.3 is 0 Å². The maximum atomic E-state index is 13.5. The van der Waals surface area contributed by atoms with Crippen molar-refractivity contribution in [1.29, 1.82) is 0 Å². The Bertz CT molecular complexity index is 723. The van der Waals surface area contributed by atoms with Crippen LogP contribution in [0.25, 0.3) is 0 Å². The fourth-order valence-electron chi connectivity index (χ4n) is 2.25. The van der Waals surface area contributed by atoms with Crippen LogP contribution in [0.2, 0.25) is 0 Å². The summed E-state index contributed by atoms with van der Waals surface area (Å²) >= 11 is 0. The highest BCUT2D eigenvalue weighted by atomic mass is 19.1. The van der Waals surface area contributed by atoms with Gasteiger partial charge in [0.15, 0.2) is 0 Å². The number of carbonyl (C=O) groups excluding carboxylic acids is 1. The smallest absolute Gasteiger partial charge is 0.253 e. The molecular weight excluding hydrogens is 283 g/mol. The molecule has 0 radical (unpaired) electrons. The van der Waals surface area contributed by atoms with Gasteiger partial charge in [0.1, 0.15) is 5.82 Å². The molecule has 1 aromatic carbocycles. The Morgan fingerprint density at radius 3 is 2.64 bits per heavy atom. The fourth-order valence-corrected chi connectivity index (χ4v) is 2.25. The van der Waals surface area contributed by atoms with Gasteiger partial charge < -0.3 is 10.3 Å². The van der Waals surface area contributed by atoms with Crippen LogP contribution in [0.1, 0.15) is 41.4 Å². The summed E-state index contributed by atoms with van der Waals surface area (Å²) in [7, 11) is 0. The zero-order valence-electron chi connectivity index (χ0n) is 12.7. The number of nitrogens with one attached hydrogen (secondary N) is 2. The third-order valence-electron chi connectivity index (χ3n) is 3.41. The molecule has 4 nitrogen and oxygen atoms in total. The normalized spacial score (nSPS) is 10.7. The van der Waals surface area contributed by atoms with Gasteiger partial charge in [-0.25, -0.2) is 4.39 Å². The van der Waals surface area contributed by atoms with E-state index in [1.165, 1.54) is 18.2 Å². The fraction of sp³-hybridized carbons (Fsp3) is 0.294. The largest absolute Gasteiger partial charge is 0.352 e. The van der Waals surface area contributed by atoms with Gasteiger partial charge in [-0.3, -0.25) is 9.59 Å². The number of hydrogen-bond acceptors (Lipinski definition) is 2. The Balaban J connectivity index is 2.04. The second kappa shape index (κ2) is 7.02. The second-order valence-corrected chi connectivity index (χ2v) is 5.40. The van der Waals surface area contributed by atoms with Crippen LogP contribution in [-0.2, 0) is 6.42 Å². The molecule has 0 spiro atoms. The SMILES string of the molecule is CC(C)c1[nH]c(=O)ccc1C(=O)NCCc1ccccc1F. The number of amides is 1. The van der Waals surface area contributed by atoms with Gasteiger partial charge in [-0.15, -0.1) is 0 Å². The summed E-state index contributed by atoms with van der Waals surface area (Å²) in [6.45, 7) is 4.14. The highest BCUT2D eigenvalue weighted by Gasteiger charge is 2.14. The Hall–Kier alpha value is -2.43. The number of H-pyrrole nitrogens is 1. The van der Waals surface area contributed by atoms with Crippen molar-refractivity contribution in [2.45, 2.75) is 26.2 Å². The molecule has 0 bridgehead atoms. The lowest BCUT2D eigenvalue weighted by Crippen LogP contribution is -2.28. The number of carbonyl (C=O) groups is 1. The van der Waals surface area contributed by atoms with Crippen molar-refractivity contribution in [2.75, 3.05) is 6.54 Å². The van der Waals surface area contributed by atoms with Crippen LogP contribution in [0, 0.1) is 5.82 Å². The van der Waals surface area contributed by atoms with E-state index in [-0.39, 0.29) is 23.2 Å².